The molecule has 2 heterocycles. The van der Waals surface area contributed by atoms with E-state index in [1.165, 1.54) is 0 Å². The number of furan rings is 1. The van der Waals surface area contributed by atoms with Crippen LogP contribution < -0.4 is 5.73 Å². The molecule has 19 heavy (non-hydrogen) atoms. The van der Waals surface area contributed by atoms with E-state index < -0.39 is 5.54 Å². The van der Waals surface area contributed by atoms with Gasteiger partial charge in [-0.15, -0.1) is 11.3 Å². The summed E-state index contributed by atoms with van der Waals surface area (Å²) in [6.07, 6.45) is 3.19. The molecule has 1 saturated carbocycles. The Kier molecular flexibility index (Phi) is 3.16. The smallest absolute Gasteiger partial charge is 0.243 e. The molecule has 2 aromatic rings. The monoisotopic (exact) mass is 276 g/mol. The van der Waals surface area contributed by atoms with Crippen LogP contribution in [0, 0.1) is 0 Å². The predicted molar refractivity (Wildman–Crippen MR) is 73.4 cm³/mol. The van der Waals surface area contributed by atoms with E-state index in [4.69, 9.17) is 10.2 Å². The standard InChI is InChI=1S/C14H16N2O2S/c15-14(5-6-14)13(17)16(9-11-3-1-7-18-11)10-12-4-2-8-19-12/h1-4,7-8H,5-6,9-10,15H2. The quantitative estimate of drug-likeness (QED) is 0.912. The lowest BCUT2D eigenvalue weighted by atomic mass is 10.2. The van der Waals surface area contributed by atoms with Crippen molar-refractivity contribution in [1.29, 1.82) is 0 Å². The fraction of sp³-hybridized carbons (Fsp3) is 0.357. The van der Waals surface area contributed by atoms with Gasteiger partial charge < -0.3 is 15.1 Å². The van der Waals surface area contributed by atoms with Crippen LogP contribution >= 0.6 is 11.3 Å². The van der Waals surface area contributed by atoms with E-state index in [-0.39, 0.29) is 5.91 Å². The molecule has 2 N–H and O–H groups in total. The summed E-state index contributed by atoms with van der Waals surface area (Å²) in [7, 11) is 0. The maximum absolute atomic E-state index is 12.4. The fourth-order valence-corrected chi connectivity index (χ4v) is 2.76. The number of nitrogens with two attached hydrogens (primary N) is 1. The number of carbonyl (C=O) groups excluding carboxylic acids is 1. The first-order valence-electron chi connectivity index (χ1n) is 6.30. The van der Waals surface area contributed by atoms with E-state index in [9.17, 15) is 4.79 Å². The molecule has 5 heteroatoms. The van der Waals surface area contributed by atoms with Crippen LogP contribution in [0.2, 0.25) is 0 Å². The molecular weight excluding hydrogens is 260 g/mol. The SMILES string of the molecule is NC1(C(=O)N(Cc2ccco2)Cc2cccs2)CC1. The Morgan fingerprint density at radius 3 is 2.79 bits per heavy atom. The molecule has 1 amide bonds. The minimum Gasteiger partial charge on any atom is -0.467 e. The van der Waals surface area contributed by atoms with Crippen molar-refractivity contribution in [2.75, 3.05) is 0 Å². The molecule has 0 aromatic carbocycles. The molecule has 2 aromatic heterocycles. The maximum Gasteiger partial charge on any atom is 0.243 e. The second-order valence-corrected chi connectivity index (χ2v) is 6.01. The van der Waals surface area contributed by atoms with Crippen LogP contribution in [0.5, 0.6) is 0 Å². The lowest BCUT2D eigenvalue weighted by Gasteiger charge is -2.24. The summed E-state index contributed by atoms with van der Waals surface area (Å²) < 4.78 is 5.34. The molecule has 0 aliphatic heterocycles. The summed E-state index contributed by atoms with van der Waals surface area (Å²) in [6.45, 7) is 1.07. The average Bonchev–Trinajstić information content (AvgIpc) is 2.88. The highest BCUT2D eigenvalue weighted by Crippen LogP contribution is 2.35. The van der Waals surface area contributed by atoms with Gasteiger partial charge in [-0.05, 0) is 36.4 Å². The van der Waals surface area contributed by atoms with Gasteiger partial charge in [0.15, 0.2) is 0 Å². The highest BCUT2D eigenvalue weighted by atomic mass is 32.1. The lowest BCUT2D eigenvalue weighted by molar-refractivity contribution is -0.135. The molecule has 1 aliphatic carbocycles. The lowest BCUT2D eigenvalue weighted by Crippen LogP contribution is -2.44. The van der Waals surface area contributed by atoms with Gasteiger partial charge in [-0.1, -0.05) is 6.07 Å². The van der Waals surface area contributed by atoms with Crippen LogP contribution in [0.3, 0.4) is 0 Å². The summed E-state index contributed by atoms with van der Waals surface area (Å²) >= 11 is 1.65. The summed E-state index contributed by atoms with van der Waals surface area (Å²) in [5.41, 5.74) is 5.40. The van der Waals surface area contributed by atoms with Gasteiger partial charge in [-0.3, -0.25) is 4.79 Å². The van der Waals surface area contributed by atoms with Crippen molar-refractivity contribution in [2.45, 2.75) is 31.5 Å². The van der Waals surface area contributed by atoms with Crippen LogP contribution in [0.4, 0.5) is 0 Å². The number of thiophene rings is 1. The molecule has 4 nitrogen and oxygen atoms in total. The first kappa shape index (κ1) is 12.4. The summed E-state index contributed by atoms with van der Waals surface area (Å²) in [4.78, 5) is 15.4. The first-order valence-corrected chi connectivity index (χ1v) is 7.18. The molecule has 0 saturated heterocycles. The molecular formula is C14H16N2O2S. The second-order valence-electron chi connectivity index (χ2n) is 4.98. The number of amides is 1. The van der Waals surface area contributed by atoms with Crippen LogP contribution in [0.1, 0.15) is 23.5 Å². The number of nitrogens with zero attached hydrogens (tertiary/aromatic N) is 1. The van der Waals surface area contributed by atoms with E-state index in [2.05, 4.69) is 0 Å². The van der Waals surface area contributed by atoms with E-state index in [1.807, 2.05) is 29.6 Å². The topological polar surface area (TPSA) is 59.5 Å². The first-order chi connectivity index (χ1) is 9.17. The largest absolute Gasteiger partial charge is 0.467 e. The Morgan fingerprint density at radius 2 is 2.21 bits per heavy atom. The average molecular weight is 276 g/mol. The summed E-state index contributed by atoms with van der Waals surface area (Å²) in [5.74, 6) is 0.812. The van der Waals surface area contributed by atoms with Crippen molar-refractivity contribution in [3.05, 3.63) is 46.5 Å². The molecule has 0 radical (unpaired) electrons. The van der Waals surface area contributed by atoms with Gasteiger partial charge in [-0.25, -0.2) is 0 Å². The molecule has 0 atom stereocenters. The second kappa shape index (κ2) is 4.83. The fourth-order valence-electron chi connectivity index (χ4n) is 2.04. The van der Waals surface area contributed by atoms with Crippen molar-refractivity contribution in [1.82, 2.24) is 4.90 Å². The van der Waals surface area contributed by atoms with Crippen molar-refractivity contribution in [3.63, 3.8) is 0 Å². The van der Waals surface area contributed by atoms with Gasteiger partial charge in [-0.2, -0.15) is 0 Å². The van der Waals surface area contributed by atoms with Crippen molar-refractivity contribution >= 4 is 17.2 Å². The minimum absolute atomic E-state index is 0.0253. The number of hydrogen-bond donors (Lipinski definition) is 1. The number of hydrogen-bond acceptors (Lipinski definition) is 4. The van der Waals surface area contributed by atoms with Gasteiger partial charge in [0.25, 0.3) is 0 Å². The Bertz CT molecular complexity index is 508. The van der Waals surface area contributed by atoms with E-state index in [1.54, 1.807) is 22.5 Å². The molecule has 100 valence electrons. The van der Waals surface area contributed by atoms with Crippen LogP contribution in [-0.2, 0) is 17.9 Å². The van der Waals surface area contributed by atoms with Crippen LogP contribution in [0.25, 0.3) is 0 Å². The predicted octanol–water partition coefficient (Wildman–Crippen LogP) is 2.36. The Hall–Kier alpha value is -1.59. The van der Waals surface area contributed by atoms with Gasteiger partial charge in [0.1, 0.15) is 5.76 Å². The van der Waals surface area contributed by atoms with Crippen molar-refractivity contribution in [3.8, 4) is 0 Å². The Labute approximate surface area is 115 Å². The van der Waals surface area contributed by atoms with E-state index in [0.29, 0.717) is 13.1 Å². The number of rotatable bonds is 5. The maximum atomic E-state index is 12.4. The zero-order valence-corrected chi connectivity index (χ0v) is 11.4. The van der Waals surface area contributed by atoms with E-state index in [0.717, 1.165) is 23.5 Å². The van der Waals surface area contributed by atoms with Crippen molar-refractivity contribution in [2.24, 2.45) is 5.73 Å². The zero-order chi connectivity index (χ0) is 13.3. The van der Waals surface area contributed by atoms with Crippen LogP contribution in [-0.4, -0.2) is 16.3 Å². The summed E-state index contributed by atoms with van der Waals surface area (Å²) in [6, 6.07) is 7.73. The van der Waals surface area contributed by atoms with Gasteiger partial charge in [0, 0.05) is 4.88 Å². The molecule has 1 fully saturated rings. The van der Waals surface area contributed by atoms with Gasteiger partial charge in [0.05, 0.1) is 24.9 Å². The highest BCUT2D eigenvalue weighted by Gasteiger charge is 2.48. The Morgan fingerprint density at radius 1 is 1.37 bits per heavy atom. The summed E-state index contributed by atoms with van der Waals surface area (Å²) in [5, 5.41) is 2.01. The molecule has 0 unspecified atom stereocenters. The number of carbonyl (C=O) groups is 1. The highest BCUT2D eigenvalue weighted by molar-refractivity contribution is 7.09. The molecule has 3 rings (SSSR count). The van der Waals surface area contributed by atoms with Crippen LogP contribution in [0.15, 0.2) is 40.3 Å². The van der Waals surface area contributed by atoms with Crippen molar-refractivity contribution < 1.29 is 9.21 Å². The molecule has 0 bridgehead atoms. The van der Waals surface area contributed by atoms with Gasteiger partial charge >= 0.3 is 0 Å². The minimum atomic E-state index is -0.635. The third-order valence-electron chi connectivity index (χ3n) is 3.36. The third-order valence-corrected chi connectivity index (χ3v) is 4.22. The molecule has 1 aliphatic rings. The molecule has 0 spiro atoms. The Balaban J connectivity index is 1.76. The zero-order valence-electron chi connectivity index (χ0n) is 10.5. The van der Waals surface area contributed by atoms with Gasteiger partial charge in [0.2, 0.25) is 5.91 Å². The van der Waals surface area contributed by atoms with E-state index >= 15 is 0 Å². The normalized spacial score (nSPS) is 16.3. The third kappa shape index (κ3) is 2.72.